The number of halogens is 1. The smallest absolute Gasteiger partial charge is 0.237 e. The van der Waals surface area contributed by atoms with Crippen molar-refractivity contribution in [2.75, 3.05) is 30.8 Å². The molecule has 2 amide bonds. The average molecular weight is 588 g/mol. The van der Waals surface area contributed by atoms with Crippen LogP contribution in [0.5, 0.6) is 0 Å². The molecule has 2 aromatic rings. The number of nitrogens with zero attached hydrogens (tertiary/aromatic N) is 2. The van der Waals surface area contributed by atoms with Gasteiger partial charge >= 0.3 is 0 Å². The van der Waals surface area contributed by atoms with E-state index in [1.807, 2.05) is 30.3 Å². The van der Waals surface area contributed by atoms with E-state index < -0.39 is 34.1 Å². The van der Waals surface area contributed by atoms with Crippen LogP contribution < -0.4 is 16.4 Å². The second-order valence-electron chi connectivity index (χ2n) is 11.7. The SMILES string of the molecule is CC1CC1CN1CCN([C@@H](C)C(=O)N[C@@H](Cc2ccccc2)[C@@H](N)C[C@@H](C)C(=O)Nc2ccc(F)cc2)CS1(=O)=O. The molecule has 0 spiro atoms. The molecular formula is C30H42FN5O4S. The minimum atomic E-state index is -3.49. The highest BCUT2D eigenvalue weighted by Crippen LogP contribution is 2.39. The van der Waals surface area contributed by atoms with Crippen LogP contribution in [0.2, 0.25) is 0 Å². The van der Waals surface area contributed by atoms with Crippen molar-refractivity contribution < 1.29 is 22.4 Å². The van der Waals surface area contributed by atoms with Crippen molar-refractivity contribution in [2.24, 2.45) is 23.5 Å². The summed E-state index contributed by atoms with van der Waals surface area (Å²) in [6, 6.07) is 13.5. The summed E-state index contributed by atoms with van der Waals surface area (Å²) in [7, 11) is -3.49. The Morgan fingerprint density at radius 1 is 1.05 bits per heavy atom. The van der Waals surface area contributed by atoms with Gasteiger partial charge in [-0.2, -0.15) is 4.31 Å². The van der Waals surface area contributed by atoms with Gasteiger partial charge in [-0.05, 0) is 67.9 Å². The van der Waals surface area contributed by atoms with Gasteiger partial charge in [0.2, 0.25) is 21.8 Å². The highest BCUT2D eigenvalue weighted by Gasteiger charge is 2.41. The highest BCUT2D eigenvalue weighted by atomic mass is 32.2. The zero-order valence-electron chi connectivity index (χ0n) is 24.0. The maximum Gasteiger partial charge on any atom is 0.237 e. The third kappa shape index (κ3) is 8.57. The van der Waals surface area contributed by atoms with Crippen molar-refractivity contribution in [1.82, 2.24) is 14.5 Å². The van der Waals surface area contributed by atoms with E-state index in [2.05, 4.69) is 17.6 Å². The van der Waals surface area contributed by atoms with Crippen LogP contribution in [0.15, 0.2) is 54.6 Å². The van der Waals surface area contributed by atoms with Gasteiger partial charge in [-0.15, -0.1) is 0 Å². The molecule has 6 atom stereocenters. The van der Waals surface area contributed by atoms with Gasteiger partial charge in [0.05, 0.1) is 6.04 Å². The minimum absolute atomic E-state index is 0.196. The van der Waals surface area contributed by atoms with E-state index in [-0.39, 0.29) is 23.5 Å². The molecule has 2 unspecified atom stereocenters. The fraction of sp³-hybridized carbons (Fsp3) is 0.533. The van der Waals surface area contributed by atoms with E-state index in [0.29, 0.717) is 50.0 Å². The average Bonchev–Trinajstić information content (AvgIpc) is 3.64. The summed E-state index contributed by atoms with van der Waals surface area (Å²) in [5.74, 6) is -0.626. The van der Waals surface area contributed by atoms with Crippen molar-refractivity contribution in [3.63, 3.8) is 0 Å². The van der Waals surface area contributed by atoms with Gasteiger partial charge in [0.1, 0.15) is 11.7 Å². The van der Waals surface area contributed by atoms with E-state index in [1.54, 1.807) is 23.1 Å². The molecule has 11 heteroatoms. The van der Waals surface area contributed by atoms with Gasteiger partial charge in [0.25, 0.3) is 0 Å². The number of carbonyl (C=O) groups is 2. The van der Waals surface area contributed by atoms with Crippen LogP contribution in [0, 0.1) is 23.6 Å². The fourth-order valence-corrected chi connectivity index (χ4v) is 7.00. The van der Waals surface area contributed by atoms with E-state index >= 15 is 0 Å². The zero-order valence-corrected chi connectivity index (χ0v) is 24.8. The third-order valence-electron chi connectivity index (χ3n) is 8.33. The maximum absolute atomic E-state index is 13.4. The topological polar surface area (TPSA) is 125 Å². The molecule has 9 nitrogen and oxygen atoms in total. The fourth-order valence-electron chi connectivity index (χ4n) is 5.28. The van der Waals surface area contributed by atoms with Gasteiger partial charge in [-0.1, -0.05) is 44.2 Å². The molecule has 1 saturated carbocycles. The third-order valence-corrected chi connectivity index (χ3v) is 10.1. The molecular weight excluding hydrogens is 545 g/mol. The number of sulfonamides is 1. The van der Waals surface area contributed by atoms with E-state index in [1.165, 1.54) is 24.3 Å². The quantitative estimate of drug-likeness (QED) is 0.351. The number of anilines is 1. The summed E-state index contributed by atoms with van der Waals surface area (Å²) in [5.41, 5.74) is 8.08. The monoisotopic (exact) mass is 587 g/mol. The molecule has 0 bridgehead atoms. The summed E-state index contributed by atoms with van der Waals surface area (Å²) in [6.45, 7) is 7.01. The summed E-state index contributed by atoms with van der Waals surface area (Å²) in [6.07, 6.45) is 1.81. The van der Waals surface area contributed by atoms with Crippen molar-refractivity contribution >= 4 is 27.5 Å². The lowest BCUT2D eigenvalue weighted by Gasteiger charge is -2.37. The Balaban J connectivity index is 1.38. The number of rotatable bonds is 12. The maximum atomic E-state index is 13.4. The summed E-state index contributed by atoms with van der Waals surface area (Å²) in [4.78, 5) is 27.9. The first-order chi connectivity index (χ1) is 19.4. The van der Waals surface area contributed by atoms with Crippen LogP contribution in [0.25, 0.3) is 0 Å². The highest BCUT2D eigenvalue weighted by molar-refractivity contribution is 7.89. The van der Waals surface area contributed by atoms with Crippen LogP contribution in [-0.4, -0.2) is 73.1 Å². The Morgan fingerprint density at radius 2 is 1.71 bits per heavy atom. The molecule has 0 aromatic heterocycles. The number of hydrogen-bond acceptors (Lipinski definition) is 6. The minimum Gasteiger partial charge on any atom is -0.350 e. The lowest BCUT2D eigenvalue weighted by molar-refractivity contribution is -0.126. The first kappa shape index (κ1) is 31.1. The van der Waals surface area contributed by atoms with Crippen LogP contribution in [0.4, 0.5) is 10.1 Å². The van der Waals surface area contributed by atoms with Crippen LogP contribution in [0.3, 0.4) is 0 Å². The first-order valence-corrected chi connectivity index (χ1v) is 15.9. The molecule has 1 aliphatic heterocycles. The standard InChI is InChI=1S/C30H42FN5O4S/c1-20-15-24(20)18-36-14-13-35(19-41(36,39)40)22(3)30(38)34-28(17-23-7-5-4-6-8-23)27(32)16-21(2)29(37)33-26-11-9-25(31)10-12-26/h4-12,20-22,24,27-28H,13-19,32H2,1-3H3,(H,33,37)(H,34,38)/t20?,21-,22+,24?,27+,28+/m1/s1. The Hall–Kier alpha value is -2.86. The number of carbonyl (C=O) groups excluding carboxylic acids is 2. The summed E-state index contributed by atoms with van der Waals surface area (Å²) in [5, 5.41) is 5.84. The van der Waals surface area contributed by atoms with Gasteiger partial charge < -0.3 is 16.4 Å². The molecule has 2 aromatic carbocycles. The predicted molar refractivity (Wildman–Crippen MR) is 158 cm³/mol. The lowest BCUT2D eigenvalue weighted by Crippen LogP contribution is -2.59. The molecule has 4 N–H and O–H groups in total. The number of nitrogens with two attached hydrogens (primary N) is 1. The number of hydrogen-bond donors (Lipinski definition) is 3. The van der Waals surface area contributed by atoms with Gasteiger partial charge in [-0.25, -0.2) is 12.8 Å². The van der Waals surface area contributed by atoms with E-state index in [0.717, 1.165) is 12.0 Å². The molecule has 2 aliphatic rings. The molecule has 1 aliphatic carbocycles. The van der Waals surface area contributed by atoms with Crippen LogP contribution >= 0.6 is 0 Å². The van der Waals surface area contributed by atoms with Crippen LogP contribution in [0.1, 0.15) is 39.2 Å². The Kier molecular flexibility index (Phi) is 10.2. The van der Waals surface area contributed by atoms with E-state index in [9.17, 15) is 22.4 Å². The van der Waals surface area contributed by atoms with Crippen molar-refractivity contribution in [2.45, 2.75) is 58.2 Å². The normalized spacial score (nSPS) is 23.6. The van der Waals surface area contributed by atoms with Crippen LogP contribution in [-0.2, 0) is 26.0 Å². The van der Waals surface area contributed by atoms with Gasteiger partial charge in [0.15, 0.2) is 0 Å². The molecule has 1 saturated heterocycles. The molecule has 2 fully saturated rings. The largest absolute Gasteiger partial charge is 0.350 e. The predicted octanol–water partition coefficient (Wildman–Crippen LogP) is 2.79. The van der Waals surface area contributed by atoms with Crippen molar-refractivity contribution in [3.8, 4) is 0 Å². The van der Waals surface area contributed by atoms with Gasteiger partial charge in [-0.3, -0.25) is 14.5 Å². The van der Waals surface area contributed by atoms with Crippen molar-refractivity contribution in [3.05, 3.63) is 66.0 Å². The Morgan fingerprint density at radius 3 is 2.32 bits per heavy atom. The second-order valence-corrected chi connectivity index (χ2v) is 13.6. The first-order valence-electron chi connectivity index (χ1n) is 14.3. The Labute approximate surface area is 242 Å². The van der Waals surface area contributed by atoms with Gasteiger partial charge in [0, 0.05) is 43.3 Å². The number of amides is 2. The molecule has 4 rings (SSSR count). The second kappa shape index (κ2) is 13.4. The molecule has 41 heavy (non-hydrogen) atoms. The van der Waals surface area contributed by atoms with E-state index in [4.69, 9.17) is 5.73 Å². The number of benzene rings is 2. The molecule has 224 valence electrons. The lowest BCUT2D eigenvalue weighted by atomic mass is 9.92. The Bertz CT molecular complexity index is 1290. The molecule has 1 heterocycles. The molecule has 0 radical (unpaired) electrons. The number of nitrogens with one attached hydrogen (secondary N) is 2. The summed E-state index contributed by atoms with van der Waals surface area (Å²) < 4.78 is 40.7. The summed E-state index contributed by atoms with van der Waals surface area (Å²) >= 11 is 0. The zero-order chi connectivity index (χ0) is 29.7. The van der Waals surface area contributed by atoms with Crippen molar-refractivity contribution in [1.29, 1.82) is 0 Å².